The molecule has 1 aliphatic carbocycles. The summed E-state index contributed by atoms with van der Waals surface area (Å²) in [6.45, 7) is 0. The molecular weight excluding hydrogens is 178 g/mol. The van der Waals surface area contributed by atoms with Crippen molar-refractivity contribution in [3.05, 3.63) is 35.9 Å². The Morgan fingerprint density at radius 1 is 1.07 bits per heavy atom. The van der Waals surface area contributed by atoms with Crippen LogP contribution < -0.4 is 5.73 Å². The minimum absolute atomic E-state index is 0.429. The summed E-state index contributed by atoms with van der Waals surface area (Å²) in [5.41, 5.74) is 6.55. The number of aliphatic hydroxyl groups excluding tert-OH is 2. The molecule has 0 aromatic heterocycles. The van der Waals surface area contributed by atoms with Crippen LogP contribution in [0.1, 0.15) is 18.4 Å². The predicted octanol–water partition coefficient (Wildman–Crippen LogP) is 0.356. The predicted molar refractivity (Wildman–Crippen MR) is 53.6 cm³/mol. The van der Waals surface area contributed by atoms with Gasteiger partial charge in [0.25, 0.3) is 0 Å². The fourth-order valence-electron chi connectivity index (χ4n) is 2.11. The smallest absolute Gasteiger partial charge is 0.0820 e. The largest absolute Gasteiger partial charge is 0.390 e. The molecule has 0 spiro atoms. The first-order chi connectivity index (χ1) is 6.62. The summed E-state index contributed by atoms with van der Waals surface area (Å²) in [7, 11) is 0. The second-order valence-corrected chi connectivity index (χ2v) is 4.07. The Morgan fingerprint density at radius 3 is 2.07 bits per heavy atom. The van der Waals surface area contributed by atoms with E-state index >= 15 is 0 Å². The van der Waals surface area contributed by atoms with Gasteiger partial charge in [-0.2, -0.15) is 0 Å². The van der Waals surface area contributed by atoms with Gasteiger partial charge >= 0.3 is 0 Å². The number of rotatable bonds is 1. The minimum atomic E-state index is -0.694. The fraction of sp³-hybridized carbons (Fsp3) is 0.455. The van der Waals surface area contributed by atoms with Gasteiger partial charge in [-0.25, -0.2) is 0 Å². The molecule has 0 amide bonds. The van der Waals surface area contributed by atoms with Crippen molar-refractivity contribution in [1.29, 1.82) is 0 Å². The summed E-state index contributed by atoms with van der Waals surface area (Å²) < 4.78 is 0. The van der Waals surface area contributed by atoms with E-state index in [2.05, 4.69) is 0 Å². The molecule has 3 heteroatoms. The van der Waals surface area contributed by atoms with Crippen LogP contribution in [-0.4, -0.2) is 22.4 Å². The van der Waals surface area contributed by atoms with Crippen LogP contribution in [0.2, 0.25) is 0 Å². The van der Waals surface area contributed by atoms with Crippen molar-refractivity contribution >= 4 is 0 Å². The molecule has 2 rings (SSSR count). The third-order valence-electron chi connectivity index (χ3n) is 2.94. The number of aliphatic hydroxyl groups is 2. The van der Waals surface area contributed by atoms with Crippen LogP contribution in [0.4, 0.5) is 0 Å². The highest BCUT2D eigenvalue weighted by atomic mass is 16.3. The number of nitrogens with two attached hydrogens (primary N) is 1. The zero-order chi connectivity index (χ0) is 10.2. The molecule has 76 valence electrons. The average Bonchev–Trinajstić information content (AvgIpc) is 2.44. The molecule has 1 aromatic carbocycles. The van der Waals surface area contributed by atoms with E-state index in [4.69, 9.17) is 5.73 Å². The van der Waals surface area contributed by atoms with Crippen molar-refractivity contribution in [3.63, 3.8) is 0 Å². The Bertz CT molecular complexity index is 302. The molecule has 3 nitrogen and oxygen atoms in total. The second-order valence-electron chi connectivity index (χ2n) is 4.07. The third-order valence-corrected chi connectivity index (χ3v) is 2.94. The lowest BCUT2D eigenvalue weighted by Crippen LogP contribution is -2.34. The SMILES string of the molecule is N[C@]1(c2ccccc2)C[C@@H](O)[C@@H](O)C1. The van der Waals surface area contributed by atoms with E-state index in [1.165, 1.54) is 0 Å². The summed E-state index contributed by atoms with van der Waals surface area (Å²) in [6, 6.07) is 9.63. The summed E-state index contributed by atoms with van der Waals surface area (Å²) in [5.74, 6) is 0. The number of benzene rings is 1. The summed E-state index contributed by atoms with van der Waals surface area (Å²) >= 11 is 0. The van der Waals surface area contributed by atoms with Gasteiger partial charge in [0.15, 0.2) is 0 Å². The highest BCUT2D eigenvalue weighted by Gasteiger charge is 2.42. The molecule has 4 N–H and O–H groups in total. The first-order valence-electron chi connectivity index (χ1n) is 4.82. The van der Waals surface area contributed by atoms with Crippen molar-refractivity contribution in [3.8, 4) is 0 Å². The van der Waals surface area contributed by atoms with Gasteiger partial charge in [0.1, 0.15) is 0 Å². The Hall–Kier alpha value is -0.900. The first kappa shape index (κ1) is 9.65. The number of hydrogen-bond acceptors (Lipinski definition) is 3. The van der Waals surface area contributed by atoms with E-state index in [0.29, 0.717) is 12.8 Å². The van der Waals surface area contributed by atoms with Crippen LogP contribution in [-0.2, 0) is 5.54 Å². The lowest BCUT2D eigenvalue weighted by molar-refractivity contribution is 0.0438. The Labute approximate surface area is 83.2 Å². The molecule has 1 aliphatic rings. The maximum atomic E-state index is 9.46. The highest BCUT2D eigenvalue weighted by Crippen LogP contribution is 2.36. The molecule has 0 bridgehead atoms. The van der Waals surface area contributed by atoms with Gasteiger partial charge in [0.2, 0.25) is 0 Å². The van der Waals surface area contributed by atoms with Gasteiger partial charge in [0, 0.05) is 5.54 Å². The molecule has 1 fully saturated rings. The van der Waals surface area contributed by atoms with Crippen LogP contribution in [0.3, 0.4) is 0 Å². The van der Waals surface area contributed by atoms with E-state index in [1.54, 1.807) is 0 Å². The standard InChI is InChI=1S/C11H15NO2/c12-11(6-9(13)10(14)7-11)8-4-2-1-3-5-8/h1-5,9-10,13-14H,6-7,12H2/t9-,10+,11-. The Kier molecular flexibility index (Phi) is 2.31. The molecular formula is C11H15NO2. The van der Waals surface area contributed by atoms with Gasteiger partial charge in [-0.15, -0.1) is 0 Å². The molecule has 0 unspecified atom stereocenters. The van der Waals surface area contributed by atoms with Gasteiger partial charge < -0.3 is 15.9 Å². The first-order valence-corrected chi connectivity index (χ1v) is 4.82. The van der Waals surface area contributed by atoms with Crippen LogP contribution in [0.25, 0.3) is 0 Å². The lowest BCUT2D eigenvalue weighted by atomic mass is 9.89. The summed E-state index contributed by atoms with van der Waals surface area (Å²) in [5, 5.41) is 18.9. The van der Waals surface area contributed by atoms with Crippen molar-refractivity contribution in [2.75, 3.05) is 0 Å². The maximum absolute atomic E-state index is 9.46. The lowest BCUT2D eigenvalue weighted by Gasteiger charge is -2.23. The fourth-order valence-corrected chi connectivity index (χ4v) is 2.11. The maximum Gasteiger partial charge on any atom is 0.0820 e. The van der Waals surface area contributed by atoms with E-state index in [9.17, 15) is 10.2 Å². The molecule has 0 saturated heterocycles. The van der Waals surface area contributed by atoms with Crippen LogP contribution in [0.15, 0.2) is 30.3 Å². The van der Waals surface area contributed by atoms with Gasteiger partial charge in [0.05, 0.1) is 12.2 Å². The highest BCUT2D eigenvalue weighted by molar-refractivity contribution is 5.26. The Morgan fingerprint density at radius 2 is 1.57 bits per heavy atom. The quantitative estimate of drug-likeness (QED) is 0.603. The zero-order valence-corrected chi connectivity index (χ0v) is 7.93. The molecule has 1 saturated carbocycles. The van der Waals surface area contributed by atoms with Crippen LogP contribution >= 0.6 is 0 Å². The molecule has 14 heavy (non-hydrogen) atoms. The van der Waals surface area contributed by atoms with Gasteiger partial charge in [-0.1, -0.05) is 30.3 Å². The molecule has 3 atom stereocenters. The second kappa shape index (κ2) is 3.35. The molecule has 0 radical (unpaired) electrons. The van der Waals surface area contributed by atoms with E-state index < -0.39 is 17.7 Å². The topological polar surface area (TPSA) is 66.5 Å². The van der Waals surface area contributed by atoms with Gasteiger partial charge in [-0.3, -0.25) is 0 Å². The summed E-state index contributed by atoms with van der Waals surface area (Å²) in [6.07, 6.45) is -0.531. The number of hydrogen-bond donors (Lipinski definition) is 3. The molecule has 1 aromatic rings. The average molecular weight is 193 g/mol. The van der Waals surface area contributed by atoms with Crippen LogP contribution in [0, 0.1) is 0 Å². The molecule has 0 aliphatic heterocycles. The van der Waals surface area contributed by atoms with Crippen molar-refractivity contribution in [2.24, 2.45) is 5.73 Å². The van der Waals surface area contributed by atoms with Crippen molar-refractivity contribution < 1.29 is 10.2 Å². The Balaban J connectivity index is 2.27. The normalized spacial score (nSPS) is 37.4. The third kappa shape index (κ3) is 1.54. The van der Waals surface area contributed by atoms with Crippen molar-refractivity contribution in [1.82, 2.24) is 0 Å². The minimum Gasteiger partial charge on any atom is -0.390 e. The van der Waals surface area contributed by atoms with E-state index in [1.807, 2.05) is 30.3 Å². The van der Waals surface area contributed by atoms with E-state index in [-0.39, 0.29) is 0 Å². The monoisotopic (exact) mass is 193 g/mol. The molecule has 0 heterocycles. The zero-order valence-electron chi connectivity index (χ0n) is 7.93. The van der Waals surface area contributed by atoms with Crippen LogP contribution in [0.5, 0.6) is 0 Å². The van der Waals surface area contributed by atoms with Crippen molar-refractivity contribution in [2.45, 2.75) is 30.6 Å². The van der Waals surface area contributed by atoms with E-state index in [0.717, 1.165) is 5.56 Å². The van der Waals surface area contributed by atoms with Gasteiger partial charge in [-0.05, 0) is 18.4 Å². The summed E-state index contributed by atoms with van der Waals surface area (Å²) in [4.78, 5) is 0.